The Morgan fingerprint density at radius 1 is 1.09 bits per heavy atom. The number of halogens is 2. The molecule has 0 unspecified atom stereocenters. The van der Waals surface area contributed by atoms with Gasteiger partial charge in [0.05, 0.1) is 17.8 Å². The van der Waals surface area contributed by atoms with Crippen molar-refractivity contribution < 1.29 is 19.0 Å². The van der Waals surface area contributed by atoms with Gasteiger partial charge in [0.2, 0.25) is 0 Å². The van der Waals surface area contributed by atoms with Crippen molar-refractivity contribution in [1.82, 2.24) is 0 Å². The molecule has 0 bridgehead atoms. The highest BCUT2D eigenvalue weighted by atomic mass is 127. The predicted octanol–water partition coefficient (Wildman–Crippen LogP) is 6.20. The summed E-state index contributed by atoms with van der Waals surface area (Å²) in [5.74, 6) is 1.28. The minimum absolute atomic E-state index is 0.0337. The average Bonchev–Trinajstić information content (AvgIpc) is 2.82. The van der Waals surface area contributed by atoms with Crippen LogP contribution in [0.1, 0.15) is 11.1 Å². The van der Waals surface area contributed by atoms with E-state index in [2.05, 4.69) is 43.8 Å². The maximum Gasteiger partial charge on any atom is 0.266 e. The summed E-state index contributed by atoms with van der Waals surface area (Å²) in [6, 6.07) is 20.3. The Balaban J connectivity index is 1.67. The number of hydrogen-bond acceptors (Lipinski definition) is 5. The zero-order valence-electron chi connectivity index (χ0n) is 17.9. The first-order valence-electron chi connectivity index (χ1n) is 9.75. The number of nitriles is 1. The monoisotopic (exact) mass is 618 g/mol. The van der Waals surface area contributed by atoms with Gasteiger partial charge in [-0.3, -0.25) is 4.79 Å². The van der Waals surface area contributed by atoms with E-state index in [1.54, 1.807) is 37.4 Å². The zero-order chi connectivity index (χ0) is 23.8. The summed E-state index contributed by atoms with van der Waals surface area (Å²) in [6.07, 6.45) is 1.51. The number of amides is 1. The van der Waals surface area contributed by atoms with Crippen LogP contribution in [-0.2, 0) is 11.4 Å². The van der Waals surface area contributed by atoms with Gasteiger partial charge >= 0.3 is 0 Å². The first-order valence-corrected chi connectivity index (χ1v) is 11.6. The maximum absolute atomic E-state index is 12.6. The minimum Gasteiger partial charge on any atom is -0.493 e. The number of nitrogens with zero attached hydrogens (tertiary/aromatic N) is 1. The number of methoxy groups -OCH3 is 2. The van der Waals surface area contributed by atoms with Crippen LogP contribution in [0.25, 0.3) is 6.08 Å². The van der Waals surface area contributed by atoms with Crippen molar-refractivity contribution in [3.63, 3.8) is 0 Å². The van der Waals surface area contributed by atoms with E-state index in [-0.39, 0.29) is 5.57 Å². The highest BCUT2D eigenvalue weighted by Gasteiger charge is 2.13. The van der Waals surface area contributed by atoms with Crippen LogP contribution in [0.15, 0.2) is 70.7 Å². The van der Waals surface area contributed by atoms with Crippen molar-refractivity contribution in [1.29, 1.82) is 5.26 Å². The van der Waals surface area contributed by atoms with E-state index >= 15 is 0 Å². The van der Waals surface area contributed by atoms with Gasteiger partial charge in [-0.25, -0.2) is 0 Å². The van der Waals surface area contributed by atoms with Crippen LogP contribution in [-0.4, -0.2) is 20.1 Å². The van der Waals surface area contributed by atoms with Gasteiger partial charge in [0.25, 0.3) is 5.91 Å². The van der Waals surface area contributed by atoms with E-state index in [1.807, 2.05) is 36.4 Å². The van der Waals surface area contributed by atoms with Crippen molar-refractivity contribution in [2.45, 2.75) is 6.61 Å². The molecule has 6 nitrogen and oxygen atoms in total. The molecule has 33 heavy (non-hydrogen) atoms. The number of rotatable bonds is 8. The second-order valence-electron chi connectivity index (χ2n) is 6.80. The summed E-state index contributed by atoms with van der Waals surface area (Å²) in [5.41, 5.74) is 2.22. The molecule has 3 aromatic carbocycles. The standard InChI is InChI=1S/C25H20BrIN2O4/c1-31-23-13-17(12-22(27)24(23)32-2)11-18(14-28)25(30)29-20-7-9-21(10-8-20)33-15-16-3-5-19(26)6-4-16/h3-13H,15H2,1-2H3,(H,29,30)/b18-11+. The summed E-state index contributed by atoms with van der Waals surface area (Å²) in [7, 11) is 3.09. The summed E-state index contributed by atoms with van der Waals surface area (Å²) in [4.78, 5) is 12.6. The first kappa shape index (κ1) is 24.6. The molecule has 0 heterocycles. The lowest BCUT2D eigenvalue weighted by atomic mass is 10.1. The topological polar surface area (TPSA) is 80.6 Å². The molecule has 0 atom stereocenters. The smallest absolute Gasteiger partial charge is 0.266 e. The molecule has 1 amide bonds. The summed E-state index contributed by atoms with van der Waals surface area (Å²) in [6.45, 7) is 0.435. The maximum atomic E-state index is 12.6. The van der Waals surface area contributed by atoms with Crippen molar-refractivity contribution in [3.05, 3.63) is 85.4 Å². The SMILES string of the molecule is COc1cc(/C=C(\C#N)C(=O)Nc2ccc(OCc3ccc(Br)cc3)cc2)cc(I)c1OC. The fourth-order valence-corrected chi connectivity index (χ4v) is 4.03. The lowest BCUT2D eigenvalue weighted by Gasteiger charge is -2.11. The van der Waals surface area contributed by atoms with E-state index in [0.29, 0.717) is 35.1 Å². The fraction of sp³-hybridized carbons (Fsp3) is 0.120. The Labute approximate surface area is 214 Å². The van der Waals surface area contributed by atoms with Crippen molar-refractivity contribution >= 4 is 56.2 Å². The van der Waals surface area contributed by atoms with Gasteiger partial charge in [0.1, 0.15) is 24.0 Å². The molecule has 3 rings (SSSR count). The number of hydrogen-bond donors (Lipinski definition) is 1. The van der Waals surface area contributed by atoms with Crippen LogP contribution in [0.4, 0.5) is 5.69 Å². The number of benzene rings is 3. The lowest BCUT2D eigenvalue weighted by Crippen LogP contribution is -2.13. The fourth-order valence-electron chi connectivity index (χ4n) is 2.92. The van der Waals surface area contributed by atoms with Crippen LogP contribution < -0.4 is 19.5 Å². The Bertz CT molecular complexity index is 1200. The van der Waals surface area contributed by atoms with E-state index < -0.39 is 5.91 Å². The lowest BCUT2D eigenvalue weighted by molar-refractivity contribution is -0.112. The summed E-state index contributed by atoms with van der Waals surface area (Å²) < 4.78 is 18.3. The van der Waals surface area contributed by atoms with Gasteiger partial charge in [-0.1, -0.05) is 28.1 Å². The van der Waals surface area contributed by atoms with Gasteiger partial charge in [-0.05, 0) is 88.3 Å². The highest BCUT2D eigenvalue weighted by molar-refractivity contribution is 14.1. The molecule has 1 N–H and O–H groups in total. The highest BCUT2D eigenvalue weighted by Crippen LogP contribution is 2.34. The third kappa shape index (κ3) is 6.73. The third-order valence-corrected chi connectivity index (χ3v) is 5.89. The molecule has 0 saturated carbocycles. The van der Waals surface area contributed by atoms with E-state index in [0.717, 1.165) is 13.6 Å². The summed E-state index contributed by atoms with van der Waals surface area (Å²) in [5, 5.41) is 12.2. The Morgan fingerprint density at radius 2 is 1.79 bits per heavy atom. The van der Waals surface area contributed by atoms with E-state index in [9.17, 15) is 10.1 Å². The van der Waals surface area contributed by atoms with Crippen LogP contribution in [0.3, 0.4) is 0 Å². The zero-order valence-corrected chi connectivity index (χ0v) is 21.6. The molecule has 0 spiro atoms. The van der Waals surface area contributed by atoms with Gasteiger partial charge in [0.15, 0.2) is 11.5 Å². The van der Waals surface area contributed by atoms with Crippen LogP contribution in [0, 0.1) is 14.9 Å². The van der Waals surface area contributed by atoms with Crippen molar-refractivity contribution in [3.8, 4) is 23.3 Å². The Hall–Kier alpha value is -3.03. The van der Waals surface area contributed by atoms with Gasteiger partial charge in [0, 0.05) is 10.2 Å². The van der Waals surface area contributed by atoms with Crippen LogP contribution in [0.2, 0.25) is 0 Å². The first-order chi connectivity index (χ1) is 15.9. The molecule has 168 valence electrons. The Morgan fingerprint density at radius 3 is 2.39 bits per heavy atom. The second kappa shape index (κ2) is 11.7. The van der Waals surface area contributed by atoms with Crippen molar-refractivity contribution in [2.75, 3.05) is 19.5 Å². The number of anilines is 1. The number of carbonyl (C=O) groups is 1. The number of ether oxygens (including phenoxy) is 3. The second-order valence-corrected chi connectivity index (χ2v) is 8.88. The molecule has 0 radical (unpaired) electrons. The minimum atomic E-state index is -0.508. The number of nitrogens with one attached hydrogen (secondary N) is 1. The Kier molecular flexibility index (Phi) is 8.74. The van der Waals surface area contributed by atoms with Gasteiger partial charge in [-0.2, -0.15) is 5.26 Å². The molecule has 0 fully saturated rings. The van der Waals surface area contributed by atoms with E-state index in [1.165, 1.54) is 13.2 Å². The molecule has 3 aromatic rings. The predicted molar refractivity (Wildman–Crippen MR) is 139 cm³/mol. The molecule has 0 aliphatic heterocycles. The molecule has 0 aromatic heterocycles. The third-order valence-electron chi connectivity index (χ3n) is 4.56. The largest absolute Gasteiger partial charge is 0.493 e. The molecule has 0 saturated heterocycles. The molecule has 8 heteroatoms. The molecule has 0 aliphatic rings. The molecular formula is C25H20BrIN2O4. The number of carbonyl (C=O) groups excluding carboxylic acids is 1. The molecular weight excluding hydrogens is 599 g/mol. The van der Waals surface area contributed by atoms with Gasteiger partial charge in [-0.15, -0.1) is 0 Å². The van der Waals surface area contributed by atoms with E-state index in [4.69, 9.17) is 14.2 Å². The van der Waals surface area contributed by atoms with Crippen molar-refractivity contribution in [2.24, 2.45) is 0 Å². The quantitative estimate of drug-likeness (QED) is 0.185. The van der Waals surface area contributed by atoms with Crippen LogP contribution >= 0.6 is 38.5 Å². The molecule has 0 aliphatic carbocycles. The normalized spacial score (nSPS) is 10.8. The van der Waals surface area contributed by atoms with Gasteiger partial charge < -0.3 is 19.5 Å². The summed E-state index contributed by atoms with van der Waals surface area (Å²) >= 11 is 5.52. The van der Waals surface area contributed by atoms with Crippen LogP contribution in [0.5, 0.6) is 17.2 Å². The average molecular weight is 619 g/mol.